The Labute approximate surface area is 553 Å². The Morgan fingerprint density at radius 2 is 1.22 bits per heavy atom. The molecule has 5 amide bonds. The van der Waals surface area contributed by atoms with Crippen LogP contribution in [0.4, 0.5) is 13.2 Å². The molecule has 34 heteroatoms. The number of hydroxylamine groups is 2. The lowest BCUT2D eigenvalue weighted by atomic mass is 10.1. The summed E-state index contributed by atoms with van der Waals surface area (Å²) in [7, 11) is -12.6. The van der Waals surface area contributed by atoms with Crippen LogP contribution in [0.1, 0.15) is 121 Å². The van der Waals surface area contributed by atoms with Gasteiger partial charge < -0.3 is 56.8 Å². The second-order valence-corrected chi connectivity index (χ2v) is 29.9. The van der Waals surface area contributed by atoms with Crippen LogP contribution in [0.25, 0.3) is 6.08 Å². The number of nitrogens with zero attached hydrogens (tertiary/aromatic N) is 3. The first-order valence-electron chi connectivity index (χ1n) is 30.6. The van der Waals surface area contributed by atoms with E-state index in [0.717, 1.165) is 73.7 Å². The molecule has 27 nitrogen and oxygen atoms in total. The minimum absolute atomic E-state index is 0.0667. The summed E-state index contributed by atoms with van der Waals surface area (Å²) in [6, 6.07) is 32.4. The first-order chi connectivity index (χ1) is 45.5. The summed E-state index contributed by atoms with van der Waals surface area (Å²) in [5.41, 5.74) is -1.93. The predicted octanol–water partition coefficient (Wildman–Crippen LogP) is 7.86. The Morgan fingerprint density at radius 1 is 0.698 bits per heavy atom. The second kappa shape index (κ2) is 38.9. The molecular weight excluding hydrogens is 1350 g/mol. The van der Waals surface area contributed by atoms with Crippen LogP contribution in [0, 0.1) is 0 Å². The number of aromatic nitrogens is 2. The largest absolute Gasteiger partial charge is 0.779 e. The number of halogens is 3. The van der Waals surface area contributed by atoms with Gasteiger partial charge in [-0.05, 0) is 101 Å². The number of rotatable bonds is 36. The average Bonchev–Trinajstić information content (AvgIpc) is 0.948. The Bertz CT molecular complexity index is 3450. The molecule has 1 aromatic heterocycles. The summed E-state index contributed by atoms with van der Waals surface area (Å²) in [6.45, 7) is 0.873. The van der Waals surface area contributed by atoms with Crippen LogP contribution in [0.2, 0.25) is 0 Å². The van der Waals surface area contributed by atoms with Gasteiger partial charge in [-0.15, -0.1) is 5.06 Å². The number of benzene rings is 3. The van der Waals surface area contributed by atoms with Gasteiger partial charge in [0.2, 0.25) is 11.7 Å². The van der Waals surface area contributed by atoms with E-state index in [1.165, 1.54) is 26.8 Å². The molecule has 0 radical (unpaired) electrons. The fourth-order valence-corrected chi connectivity index (χ4v) is 15.3. The number of hydrogen-bond donors (Lipinski definition) is 2. The van der Waals surface area contributed by atoms with Crippen molar-refractivity contribution in [2.45, 2.75) is 148 Å². The topological polar surface area (TPSA) is 378 Å². The number of unbranched alkanes of at least 4 members (excludes halogenated alkanes) is 9. The van der Waals surface area contributed by atoms with Crippen molar-refractivity contribution in [2.24, 2.45) is 0 Å². The third-order valence-corrected chi connectivity index (χ3v) is 21.3. The number of ether oxygens (including phenoxy) is 1. The van der Waals surface area contributed by atoms with Gasteiger partial charge in [0.15, 0.2) is 0 Å². The number of nitrogens with one attached hydrogen (secondary N) is 2. The molecule has 0 saturated carbocycles. The maximum atomic E-state index is 12.5. The van der Waals surface area contributed by atoms with E-state index in [2.05, 4.69) is 105 Å². The molecule has 4 unspecified atom stereocenters. The summed E-state index contributed by atoms with van der Waals surface area (Å²) < 4.78 is 101. The van der Waals surface area contributed by atoms with Crippen molar-refractivity contribution in [1.82, 2.24) is 24.8 Å². The smallest absolute Gasteiger partial charge is 0.449 e. The van der Waals surface area contributed by atoms with Crippen molar-refractivity contribution in [2.75, 3.05) is 52.9 Å². The van der Waals surface area contributed by atoms with Crippen LogP contribution in [0.15, 0.2) is 140 Å². The van der Waals surface area contributed by atoms with Crippen molar-refractivity contribution in [1.29, 1.82) is 0 Å². The highest BCUT2D eigenvalue weighted by Crippen LogP contribution is 2.68. The van der Waals surface area contributed by atoms with E-state index >= 15 is 0 Å². The average molecular weight is 1430 g/mol. The van der Waals surface area contributed by atoms with E-state index < -0.39 is 112 Å². The van der Waals surface area contributed by atoms with E-state index in [1.807, 2.05) is 4.98 Å². The summed E-state index contributed by atoms with van der Waals surface area (Å²) in [5, 5.41) is 3.09. The van der Waals surface area contributed by atoms with Crippen LogP contribution in [-0.4, -0.2) is 132 Å². The Morgan fingerprint density at radius 3 is 1.77 bits per heavy atom. The maximum Gasteiger partial charge on any atom is 0.449 e. The predicted molar refractivity (Wildman–Crippen MR) is 337 cm³/mol. The van der Waals surface area contributed by atoms with Crippen LogP contribution in [-0.2, 0) is 79.5 Å². The molecule has 2 N–H and O–H groups in total. The molecule has 0 spiro atoms. The third-order valence-electron chi connectivity index (χ3n) is 14.7. The zero-order valence-electron chi connectivity index (χ0n) is 53.0. The van der Waals surface area contributed by atoms with Crippen LogP contribution in [0.3, 0.4) is 0 Å². The summed E-state index contributed by atoms with van der Waals surface area (Å²) in [5.74, 6) is -3.58. The number of aromatic amines is 1. The van der Waals surface area contributed by atoms with Gasteiger partial charge in [-0.25, -0.2) is 9.59 Å². The first kappa shape index (κ1) is 79.9. The fourth-order valence-electron chi connectivity index (χ4n) is 9.80. The first-order valence-corrected chi connectivity index (χ1v) is 37.3. The normalized spacial score (nSPS) is 18.4. The molecule has 0 bridgehead atoms. The molecule has 3 aromatic carbocycles. The van der Waals surface area contributed by atoms with Crippen LogP contribution < -0.4 is 31.2 Å². The molecule has 2 fully saturated rings. The molecule has 4 heterocycles. The van der Waals surface area contributed by atoms with Gasteiger partial charge in [0, 0.05) is 90.5 Å². The Kier molecular flexibility index (Phi) is 32.4. The lowest BCUT2D eigenvalue weighted by Gasteiger charge is -2.42. The van der Waals surface area contributed by atoms with Gasteiger partial charge in [0.1, 0.15) is 19.9 Å². The minimum Gasteiger partial charge on any atom is -0.779 e. The monoisotopic (exact) mass is 1430 g/mol. The van der Waals surface area contributed by atoms with Crippen molar-refractivity contribution >= 4 is 80.6 Å². The van der Waals surface area contributed by atoms with E-state index in [4.69, 9.17) is 23.1 Å². The molecule has 3 aliphatic rings. The fraction of sp³-hybridized carbons (Fsp3) is 0.468. The number of hydrogen-bond acceptors (Lipinski definition) is 22. The molecule has 2 saturated heterocycles. The van der Waals surface area contributed by atoms with Gasteiger partial charge in [-0.3, -0.25) is 57.1 Å². The highest BCUT2D eigenvalue weighted by atomic mass is 32.3. The number of ketones is 1. The summed E-state index contributed by atoms with van der Waals surface area (Å²) in [6.07, 6.45) is 3.97. The number of H-pyrrole nitrogens is 1. The molecule has 3 aliphatic heterocycles. The van der Waals surface area contributed by atoms with Gasteiger partial charge in [-0.2, -0.15) is 23.2 Å². The molecule has 96 heavy (non-hydrogen) atoms. The van der Waals surface area contributed by atoms with E-state index in [0.29, 0.717) is 63.0 Å². The SMILES string of the molecule is COP(=O)([O-])OC1C[C@H](n2cc(/C=C/C(=O)NCCCCCCCC(=O)C(F)(F)F)c(=O)[nH]c2=O)O[C@@H]1COP(C)(=O)[O-].COP(=O)([O-])OCCCCCCS(c1ccccc1)(c1ccccc1)c1ccccc1.O=C(CCCCCN1C(=O)C=CC1=O)ON1C(=O)CCC1=O. The van der Waals surface area contributed by atoms with E-state index in [1.54, 1.807) is 0 Å². The molecule has 6 atom stereocenters. The number of carbonyl (C=O) groups is 7. The number of amides is 5. The van der Waals surface area contributed by atoms with Crippen molar-refractivity contribution < 1.29 is 107 Å². The number of imide groups is 2. The molecule has 0 aliphatic carbocycles. The van der Waals surface area contributed by atoms with Crippen molar-refractivity contribution in [3.63, 3.8) is 0 Å². The number of phosphoric acid groups is 2. The second-order valence-electron chi connectivity index (χ2n) is 21.8. The summed E-state index contributed by atoms with van der Waals surface area (Å²) in [4.78, 5) is 151. The Balaban J connectivity index is 0.000000275. The number of carbonyl (C=O) groups excluding carboxylic acids is 7. The minimum atomic E-state index is -4.82. The number of alkyl halides is 3. The van der Waals surface area contributed by atoms with Gasteiger partial charge >= 0.3 is 17.8 Å². The van der Waals surface area contributed by atoms with E-state index in [-0.39, 0.29) is 62.6 Å². The van der Waals surface area contributed by atoms with Crippen LogP contribution >= 0.6 is 33.3 Å². The zero-order chi connectivity index (χ0) is 70.5. The van der Waals surface area contributed by atoms with Crippen molar-refractivity contribution in [3.8, 4) is 0 Å². The van der Waals surface area contributed by atoms with Crippen molar-refractivity contribution in [3.05, 3.63) is 142 Å². The van der Waals surface area contributed by atoms with Gasteiger partial charge in [0.05, 0.1) is 24.9 Å². The van der Waals surface area contributed by atoms with Gasteiger partial charge in [0.25, 0.3) is 44.8 Å². The quantitative estimate of drug-likeness (QED) is 0.0189. The molecular formula is C62H78F3N5O22P3S-3. The van der Waals surface area contributed by atoms with Crippen LogP contribution in [0.5, 0.6) is 0 Å². The summed E-state index contributed by atoms with van der Waals surface area (Å²) >= 11 is 0. The maximum absolute atomic E-state index is 12.5. The lowest BCUT2D eigenvalue weighted by Crippen LogP contribution is -2.33. The zero-order valence-corrected chi connectivity index (χ0v) is 56.5. The highest BCUT2D eigenvalue weighted by Gasteiger charge is 2.41. The highest BCUT2D eigenvalue weighted by molar-refractivity contribution is 8.33. The Hall–Kier alpha value is -6.82. The van der Waals surface area contributed by atoms with Gasteiger partial charge in [-0.1, -0.05) is 93.1 Å². The standard InChI is InChI=1S/C25H31O4PS.C23H34F3N3O12P2.C14H16N2O6/c1-28-30(26,27)29-21-13-2-3-14-22-31(23-15-7-4-8-16-23,24-17-9-5-10-18-24)25-19-11-6-12-20-25;1-38-43(36,37)41-16-12-20(40-17(16)14-39-42(2,34)35)29-13-15(21(32)28-22(29)33)9-10-19(31)27-11-7-5-3-4-6-8-18(30)23(24,25)26;17-10-5-6-11(18)15(10)9-3-1-2-4-14(21)22-16-12(19)7-8-13(16)20/h4-12,15-20H,2-3,13-14,21-22H2,1H3,(H,26,27);9-10,13,16-17,20H,3-8,11-12,14H2,1-2H3,(H,27,31)(H,34,35)(H,36,37)(H,28,32,33);5-6H,1-4,7-9H2/p-3/b;10-9+;/t;16?,17-,20-;/m.1./s1. The molecule has 7 rings (SSSR count). The third kappa shape index (κ3) is 26.5. The van der Waals surface area contributed by atoms with E-state index in [9.17, 15) is 84.7 Å². The molecule has 4 aromatic rings. The lowest BCUT2D eigenvalue weighted by molar-refractivity contribution is -0.229. The number of phosphoric ester groups is 2. The molecule has 528 valence electrons. The number of Topliss-reactive ketones (excluding diaryl/α,β-unsaturated/α-hetero) is 1.